The minimum atomic E-state index is -0.127. The van der Waals surface area contributed by atoms with Gasteiger partial charge in [-0.15, -0.1) is 0 Å². The molecule has 0 radical (unpaired) electrons. The number of nitrogens with one attached hydrogen (secondary N) is 2. The molecule has 1 amide bonds. The highest BCUT2D eigenvalue weighted by atomic mass is 16.7. The normalized spacial score (nSPS) is 13.9. The molecule has 0 aliphatic carbocycles. The van der Waals surface area contributed by atoms with Crippen molar-refractivity contribution in [2.24, 2.45) is 0 Å². The molecule has 0 fully saturated rings. The van der Waals surface area contributed by atoms with E-state index in [1.165, 1.54) is 0 Å². The SMILES string of the molecule is CCC(C)NC(=O)COc1cc2c(cc1CNC)OCO2. The molecular weight excluding hydrogens is 272 g/mol. The molecule has 0 aromatic heterocycles. The second kappa shape index (κ2) is 7.17. The van der Waals surface area contributed by atoms with Gasteiger partial charge in [0.25, 0.3) is 5.91 Å². The zero-order valence-electron chi connectivity index (χ0n) is 12.7. The molecule has 0 spiro atoms. The number of rotatable bonds is 7. The van der Waals surface area contributed by atoms with E-state index in [0.29, 0.717) is 23.8 Å². The lowest BCUT2D eigenvalue weighted by Crippen LogP contribution is -2.35. The molecule has 0 saturated carbocycles. The molecule has 1 aliphatic heterocycles. The molecule has 1 aromatic rings. The van der Waals surface area contributed by atoms with Crippen LogP contribution in [-0.2, 0) is 11.3 Å². The largest absolute Gasteiger partial charge is 0.483 e. The molecule has 1 aliphatic rings. The standard InChI is InChI=1S/C15H22N2O4/c1-4-10(2)17-15(18)8-19-12-6-14-13(20-9-21-14)5-11(12)7-16-3/h5-6,10,16H,4,7-9H2,1-3H3,(H,17,18). The maximum Gasteiger partial charge on any atom is 0.258 e. The van der Waals surface area contributed by atoms with Crippen LogP contribution in [0.1, 0.15) is 25.8 Å². The van der Waals surface area contributed by atoms with Crippen molar-refractivity contribution in [3.63, 3.8) is 0 Å². The van der Waals surface area contributed by atoms with Crippen molar-refractivity contribution in [3.05, 3.63) is 17.7 Å². The Morgan fingerprint density at radius 3 is 2.76 bits per heavy atom. The summed E-state index contributed by atoms with van der Waals surface area (Å²) in [6, 6.07) is 3.79. The summed E-state index contributed by atoms with van der Waals surface area (Å²) < 4.78 is 16.3. The van der Waals surface area contributed by atoms with Crippen LogP contribution in [0.5, 0.6) is 17.2 Å². The van der Waals surface area contributed by atoms with E-state index in [1.807, 2.05) is 27.0 Å². The molecule has 21 heavy (non-hydrogen) atoms. The molecule has 1 heterocycles. The second-order valence-corrected chi connectivity index (χ2v) is 5.01. The average Bonchev–Trinajstić information content (AvgIpc) is 2.92. The van der Waals surface area contributed by atoms with Gasteiger partial charge >= 0.3 is 0 Å². The first kappa shape index (κ1) is 15.4. The van der Waals surface area contributed by atoms with Crippen LogP contribution in [-0.4, -0.2) is 32.4 Å². The van der Waals surface area contributed by atoms with E-state index in [9.17, 15) is 4.79 Å². The minimum absolute atomic E-state index is 0.0132. The van der Waals surface area contributed by atoms with Gasteiger partial charge in [-0.05, 0) is 26.5 Å². The maximum absolute atomic E-state index is 11.8. The summed E-state index contributed by atoms with van der Waals surface area (Å²) in [6.07, 6.45) is 0.890. The third-order valence-electron chi connectivity index (χ3n) is 3.30. The highest BCUT2D eigenvalue weighted by molar-refractivity contribution is 5.77. The zero-order chi connectivity index (χ0) is 15.2. The maximum atomic E-state index is 11.8. The highest BCUT2D eigenvalue weighted by Crippen LogP contribution is 2.38. The average molecular weight is 294 g/mol. The Morgan fingerprint density at radius 2 is 2.10 bits per heavy atom. The molecular formula is C15H22N2O4. The van der Waals surface area contributed by atoms with Crippen LogP contribution >= 0.6 is 0 Å². The van der Waals surface area contributed by atoms with Gasteiger partial charge in [0.1, 0.15) is 5.75 Å². The molecule has 6 heteroatoms. The van der Waals surface area contributed by atoms with Gasteiger partial charge in [-0.1, -0.05) is 6.92 Å². The number of carbonyl (C=O) groups is 1. The fourth-order valence-corrected chi connectivity index (χ4v) is 1.99. The molecule has 1 atom stereocenters. The predicted molar refractivity (Wildman–Crippen MR) is 78.7 cm³/mol. The van der Waals surface area contributed by atoms with E-state index in [4.69, 9.17) is 14.2 Å². The summed E-state index contributed by atoms with van der Waals surface area (Å²) >= 11 is 0. The van der Waals surface area contributed by atoms with E-state index < -0.39 is 0 Å². The van der Waals surface area contributed by atoms with Gasteiger partial charge in [-0.3, -0.25) is 4.79 Å². The molecule has 1 aromatic carbocycles. The topological polar surface area (TPSA) is 68.8 Å². The fourth-order valence-electron chi connectivity index (χ4n) is 1.99. The second-order valence-electron chi connectivity index (χ2n) is 5.01. The first-order chi connectivity index (χ1) is 10.1. The quantitative estimate of drug-likeness (QED) is 0.796. The summed E-state index contributed by atoms with van der Waals surface area (Å²) in [5.74, 6) is 1.86. The van der Waals surface area contributed by atoms with Crippen molar-refractivity contribution in [1.29, 1.82) is 0 Å². The highest BCUT2D eigenvalue weighted by Gasteiger charge is 2.18. The molecule has 2 N–H and O–H groups in total. The molecule has 0 bridgehead atoms. The number of hydrogen-bond donors (Lipinski definition) is 2. The smallest absolute Gasteiger partial charge is 0.258 e. The van der Waals surface area contributed by atoms with Crippen LogP contribution < -0.4 is 24.8 Å². The van der Waals surface area contributed by atoms with Crippen molar-refractivity contribution in [2.75, 3.05) is 20.4 Å². The molecule has 6 nitrogen and oxygen atoms in total. The lowest BCUT2D eigenvalue weighted by molar-refractivity contribution is -0.123. The Labute approximate surface area is 124 Å². The number of ether oxygens (including phenoxy) is 3. The lowest BCUT2D eigenvalue weighted by atomic mass is 10.1. The van der Waals surface area contributed by atoms with E-state index in [-0.39, 0.29) is 25.3 Å². The monoisotopic (exact) mass is 294 g/mol. The Bertz CT molecular complexity index is 505. The van der Waals surface area contributed by atoms with Crippen LogP contribution in [0.3, 0.4) is 0 Å². The Hall–Kier alpha value is -1.95. The van der Waals surface area contributed by atoms with E-state index in [1.54, 1.807) is 6.07 Å². The van der Waals surface area contributed by atoms with Gasteiger partial charge in [0, 0.05) is 24.2 Å². The predicted octanol–water partition coefficient (Wildman–Crippen LogP) is 1.43. The van der Waals surface area contributed by atoms with Gasteiger partial charge in [-0.25, -0.2) is 0 Å². The molecule has 1 unspecified atom stereocenters. The number of fused-ring (bicyclic) bond motifs is 1. The van der Waals surface area contributed by atoms with Crippen LogP contribution in [0, 0.1) is 0 Å². The Kier molecular flexibility index (Phi) is 5.27. The number of amides is 1. The van der Waals surface area contributed by atoms with E-state index in [0.717, 1.165) is 12.0 Å². The summed E-state index contributed by atoms with van der Waals surface area (Å²) in [6.45, 7) is 4.81. The summed E-state index contributed by atoms with van der Waals surface area (Å²) in [5, 5.41) is 5.94. The third kappa shape index (κ3) is 4.01. The van der Waals surface area contributed by atoms with E-state index in [2.05, 4.69) is 10.6 Å². The number of benzene rings is 1. The lowest BCUT2D eigenvalue weighted by Gasteiger charge is -2.14. The van der Waals surface area contributed by atoms with Crippen LogP contribution in [0.2, 0.25) is 0 Å². The van der Waals surface area contributed by atoms with Gasteiger partial charge in [0.15, 0.2) is 18.1 Å². The van der Waals surface area contributed by atoms with Gasteiger partial charge in [0.2, 0.25) is 6.79 Å². The third-order valence-corrected chi connectivity index (χ3v) is 3.30. The van der Waals surface area contributed by atoms with Gasteiger partial charge < -0.3 is 24.8 Å². The molecule has 2 rings (SSSR count). The molecule has 116 valence electrons. The fraction of sp³-hybridized carbons (Fsp3) is 0.533. The van der Waals surface area contributed by atoms with Crippen LogP contribution in [0.4, 0.5) is 0 Å². The number of hydrogen-bond acceptors (Lipinski definition) is 5. The Morgan fingerprint density at radius 1 is 1.38 bits per heavy atom. The van der Waals surface area contributed by atoms with Crippen LogP contribution in [0.15, 0.2) is 12.1 Å². The van der Waals surface area contributed by atoms with Crippen LogP contribution in [0.25, 0.3) is 0 Å². The molecule has 0 saturated heterocycles. The summed E-state index contributed by atoms with van der Waals surface area (Å²) in [7, 11) is 1.85. The number of carbonyl (C=O) groups excluding carboxylic acids is 1. The van der Waals surface area contributed by atoms with Crippen molar-refractivity contribution in [2.45, 2.75) is 32.9 Å². The zero-order valence-corrected chi connectivity index (χ0v) is 12.7. The van der Waals surface area contributed by atoms with Gasteiger partial charge in [-0.2, -0.15) is 0 Å². The van der Waals surface area contributed by atoms with E-state index >= 15 is 0 Å². The van der Waals surface area contributed by atoms with Crippen molar-refractivity contribution in [1.82, 2.24) is 10.6 Å². The van der Waals surface area contributed by atoms with Gasteiger partial charge in [0.05, 0.1) is 0 Å². The summed E-state index contributed by atoms with van der Waals surface area (Å²) in [5.41, 5.74) is 0.929. The Balaban J connectivity index is 2.03. The first-order valence-corrected chi connectivity index (χ1v) is 7.13. The van der Waals surface area contributed by atoms with Crippen molar-refractivity contribution < 1.29 is 19.0 Å². The van der Waals surface area contributed by atoms with Crippen molar-refractivity contribution >= 4 is 5.91 Å². The first-order valence-electron chi connectivity index (χ1n) is 7.13. The van der Waals surface area contributed by atoms with Crippen molar-refractivity contribution in [3.8, 4) is 17.2 Å². The summed E-state index contributed by atoms with van der Waals surface area (Å²) in [4.78, 5) is 11.8. The minimum Gasteiger partial charge on any atom is -0.483 e.